The fraction of sp³-hybridized carbons (Fsp3) is 0.412. The van der Waals surface area contributed by atoms with E-state index in [4.69, 9.17) is 0 Å². The first-order valence-corrected chi connectivity index (χ1v) is 7.14. The summed E-state index contributed by atoms with van der Waals surface area (Å²) in [6.45, 7) is 5.98. The molecule has 0 spiro atoms. The zero-order chi connectivity index (χ0) is 14.1. The second kappa shape index (κ2) is 3.40. The SMILES string of the molecule is Cc1ccc(C23CC2(C(=O)n2nc(C)cc2C)C3)cc1. The van der Waals surface area contributed by atoms with Crippen molar-refractivity contribution < 1.29 is 4.79 Å². The van der Waals surface area contributed by atoms with Crippen LogP contribution in [0.4, 0.5) is 0 Å². The van der Waals surface area contributed by atoms with Crippen LogP contribution in [0.15, 0.2) is 30.3 Å². The van der Waals surface area contributed by atoms with E-state index in [1.165, 1.54) is 11.1 Å². The first-order chi connectivity index (χ1) is 9.48. The quantitative estimate of drug-likeness (QED) is 0.836. The summed E-state index contributed by atoms with van der Waals surface area (Å²) >= 11 is 0. The van der Waals surface area contributed by atoms with Crippen molar-refractivity contribution in [2.24, 2.45) is 5.41 Å². The molecule has 20 heavy (non-hydrogen) atoms. The van der Waals surface area contributed by atoms with Gasteiger partial charge in [-0.2, -0.15) is 5.10 Å². The highest BCUT2D eigenvalue weighted by atomic mass is 16.2. The van der Waals surface area contributed by atoms with E-state index in [9.17, 15) is 4.79 Å². The minimum atomic E-state index is -0.161. The number of nitrogens with zero attached hydrogens (tertiary/aromatic N) is 2. The number of fused-ring (bicyclic) bond motifs is 1. The fourth-order valence-corrected chi connectivity index (χ4v) is 3.64. The van der Waals surface area contributed by atoms with Crippen molar-refractivity contribution in [3.8, 4) is 0 Å². The Morgan fingerprint density at radius 3 is 2.35 bits per heavy atom. The zero-order valence-corrected chi connectivity index (χ0v) is 12.1. The van der Waals surface area contributed by atoms with Crippen molar-refractivity contribution in [3.05, 3.63) is 52.8 Å². The Morgan fingerprint density at radius 2 is 1.80 bits per heavy atom. The van der Waals surface area contributed by atoms with E-state index in [1.54, 1.807) is 4.68 Å². The van der Waals surface area contributed by atoms with Crippen LogP contribution in [0.1, 0.15) is 40.2 Å². The topological polar surface area (TPSA) is 34.9 Å². The molecule has 2 fully saturated rings. The summed E-state index contributed by atoms with van der Waals surface area (Å²) in [5.74, 6) is 0.184. The maximum absolute atomic E-state index is 12.8. The van der Waals surface area contributed by atoms with Crippen LogP contribution in [0.5, 0.6) is 0 Å². The van der Waals surface area contributed by atoms with Gasteiger partial charge in [-0.1, -0.05) is 29.8 Å². The average Bonchev–Trinajstić information content (AvgIpc) is 3.18. The van der Waals surface area contributed by atoms with E-state index in [1.807, 2.05) is 19.9 Å². The smallest absolute Gasteiger partial charge is 0.254 e. The monoisotopic (exact) mass is 266 g/mol. The second-order valence-electron chi connectivity index (χ2n) is 6.53. The summed E-state index contributed by atoms with van der Waals surface area (Å²) < 4.78 is 1.61. The lowest BCUT2D eigenvalue weighted by Gasteiger charge is -2.03. The molecule has 3 nitrogen and oxygen atoms in total. The Bertz CT molecular complexity index is 718. The van der Waals surface area contributed by atoms with Gasteiger partial charge in [0.05, 0.1) is 11.1 Å². The van der Waals surface area contributed by atoms with E-state index in [0.29, 0.717) is 0 Å². The Hall–Kier alpha value is -1.90. The summed E-state index contributed by atoms with van der Waals surface area (Å²) in [6.07, 6.45) is 1.97. The van der Waals surface area contributed by atoms with Gasteiger partial charge in [0.15, 0.2) is 0 Å². The molecule has 2 aliphatic rings. The number of carbonyl (C=O) groups is 1. The summed E-state index contributed by atoms with van der Waals surface area (Å²) in [7, 11) is 0. The third kappa shape index (κ3) is 1.30. The van der Waals surface area contributed by atoms with Gasteiger partial charge in [0.2, 0.25) is 0 Å². The number of rotatable bonds is 2. The molecule has 0 bridgehead atoms. The van der Waals surface area contributed by atoms with Crippen LogP contribution >= 0.6 is 0 Å². The number of carbonyl (C=O) groups excluding carboxylic acids is 1. The molecule has 0 aliphatic heterocycles. The third-order valence-corrected chi connectivity index (χ3v) is 5.09. The van der Waals surface area contributed by atoms with Crippen LogP contribution in [-0.4, -0.2) is 15.7 Å². The summed E-state index contributed by atoms with van der Waals surface area (Å²) in [4.78, 5) is 12.8. The Labute approximate surface area is 118 Å². The molecule has 3 heteroatoms. The van der Waals surface area contributed by atoms with Crippen LogP contribution in [-0.2, 0) is 5.41 Å². The van der Waals surface area contributed by atoms with Crippen molar-refractivity contribution in [2.45, 2.75) is 39.0 Å². The van der Waals surface area contributed by atoms with Crippen molar-refractivity contribution in [2.75, 3.05) is 0 Å². The van der Waals surface area contributed by atoms with Crippen LogP contribution in [0.25, 0.3) is 0 Å². The van der Waals surface area contributed by atoms with Gasteiger partial charge in [0, 0.05) is 11.1 Å². The van der Waals surface area contributed by atoms with Crippen molar-refractivity contribution in [1.82, 2.24) is 9.78 Å². The molecule has 1 aromatic heterocycles. The predicted molar refractivity (Wildman–Crippen MR) is 76.9 cm³/mol. The van der Waals surface area contributed by atoms with E-state index in [0.717, 1.165) is 24.2 Å². The molecule has 0 radical (unpaired) electrons. The molecule has 0 N–H and O–H groups in total. The molecule has 2 saturated carbocycles. The van der Waals surface area contributed by atoms with Crippen molar-refractivity contribution in [1.29, 1.82) is 0 Å². The highest BCUT2D eigenvalue weighted by Crippen LogP contribution is 2.86. The average molecular weight is 266 g/mol. The second-order valence-corrected chi connectivity index (χ2v) is 6.53. The predicted octanol–water partition coefficient (Wildman–Crippen LogP) is 3.18. The number of aryl methyl sites for hydroxylation is 3. The molecule has 2 aliphatic carbocycles. The number of hydrogen-bond acceptors (Lipinski definition) is 2. The van der Waals surface area contributed by atoms with E-state index >= 15 is 0 Å². The first kappa shape index (κ1) is 11.9. The molecule has 0 amide bonds. The molecular formula is C17H18N2O. The number of benzene rings is 1. The Balaban J connectivity index is 1.66. The van der Waals surface area contributed by atoms with Crippen molar-refractivity contribution >= 4 is 5.91 Å². The lowest BCUT2D eigenvalue weighted by atomic mass is 10.0. The van der Waals surface area contributed by atoms with Crippen LogP contribution in [0, 0.1) is 26.2 Å². The molecule has 102 valence electrons. The van der Waals surface area contributed by atoms with Crippen LogP contribution in [0.2, 0.25) is 0 Å². The number of aromatic nitrogens is 2. The largest absolute Gasteiger partial charge is 0.272 e. The normalized spacial score (nSPS) is 29.9. The van der Waals surface area contributed by atoms with Gasteiger partial charge in [0.25, 0.3) is 5.91 Å². The lowest BCUT2D eigenvalue weighted by molar-refractivity contribution is 0.0832. The summed E-state index contributed by atoms with van der Waals surface area (Å²) in [6, 6.07) is 10.6. The zero-order valence-electron chi connectivity index (χ0n) is 12.1. The van der Waals surface area contributed by atoms with E-state index < -0.39 is 0 Å². The van der Waals surface area contributed by atoms with Gasteiger partial charge in [-0.15, -0.1) is 0 Å². The van der Waals surface area contributed by atoms with Gasteiger partial charge < -0.3 is 0 Å². The molecule has 1 aromatic carbocycles. The van der Waals surface area contributed by atoms with Gasteiger partial charge in [-0.3, -0.25) is 4.79 Å². The van der Waals surface area contributed by atoms with E-state index in [-0.39, 0.29) is 16.7 Å². The maximum Gasteiger partial charge on any atom is 0.254 e. The van der Waals surface area contributed by atoms with Gasteiger partial charge in [-0.05, 0) is 45.2 Å². The highest BCUT2D eigenvalue weighted by molar-refractivity contribution is 5.96. The minimum Gasteiger partial charge on any atom is -0.272 e. The van der Waals surface area contributed by atoms with Crippen molar-refractivity contribution in [3.63, 3.8) is 0 Å². The standard InChI is InChI=1S/C17H18N2O/c1-11-4-6-14(7-5-11)16-9-17(16,10-16)15(20)19-13(3)8-12(2)18-19/h4-8H,9-10H2,1-3H3. The summed E-state index contributed by atoms with van der Waals surface area (Å²) in [5.41, 5.74) is 4.39. The molecule has 2 aromatic rings. The van der Waals surface area contributed by atoms with Crippen LogP contribution in [0.3, 0.4) is 0 Å². The fourth-order valence-electron chi connectivity index (χ4n) is 3.64. The summed E-state index contributed by atoms with van der Waals surface area (Å²) in [5, 5.41) is 4.35. The van der Waals surface area contributed by atoms with Gasteiger partial charge in [0.1, 0.15) is 0 Å². The molecule has 1 heterocycles. The van der Waals surface area contributed by atoms with Gasteiger partial charge in [-0.25, -0.2) is 4.68 Å². The molecule has 0 unspecified atom stereocenters. The lowest BCUT2D eigenvalue weighted by Crippen LogP contribution is -2.20. The number of hydrogen-bond donors (Lipinski definition) is 0. The van der Waals surface area contributed by atoms with Crippen LogP contribution < -0.4 is 0 Å². The highest BCUT2D eigenvalue weighted by Gasteiger charge is 2.87. The molecule has 0 atom stereocenters. The molecular weight excluding hydrogens is 248 g/mol. The first-order valence-electron chi connectivity index (χ1n) is 7.14. The maximum atomic E-state index is 12.8. The third-order valence-electron chi connectivity index (χ3n) is 5.09. The molecule has 4 rings (SSSR count). The Kier molecular flexibility index (Phi) is 2.02. The van der Waals surface area contributed by atoms with E-state index in [2.05, 4.69) is 36.3 Å². The molecule has 0 saturated heterocycles. The Morgan fingerprint density at radius 1 is 1.15 bits per heavy atom. The van der Waals surface area contributed by atoms with Gasteiger partial charge >= 0.3 is 0 Å². The minimum absolute atomic E-state index is 0.115.